The van der Waals surface area contributed by atoms with Gasteiger partial charge in [0.2, 0.25) is 15.9 Å². The summed E-state index contributed by atoms with van der Waals surface area (Å²) in [7, 11) is -0.738. The average molecular weight is 448 g/mol. The molecule has 1 aliphatic rings. The van der Waals surface area contributed by atoms with Crippen LogP contribution in [0.5, 0.6) is 0 Å². The number of nitrogens with zero attached hydrogens (tertiary/aromatic N) is 1. The lowest BCUT2D eigenvalue weighted by atomic mass is 9.88. The third-order valence-electron chi connectivity index (χ3n) is 5.35. The van der Waals surface area contributed by atoms with E-state index >= 15 is 0 Å². The van der Waals surface area contributed by atoms with E-state index in [9.17, 15) is 22.4 Å². The number of hydrogen-bond acceptors (Lipinski definition) is 4. The Morgan fingerprint density at radius 2 is 1.61 bits per heavy atom. The highest BCUT2D eigenvalue weighted by Crippen LogP contribution is 2.27. The summed E-state index contributed by atoms with van der Waals surface area (Å²) in [6, 6.07) is 9.46. The third kappa shape index (κ3) is 5.48. The van der Waals surface area contributed by atoms with E-state index in [-0.39, 0.29) is 28.0 Å². The number of nitrogens with one attached hydrogen (secondary N) is 2. The van der Waals surface area contributed by atoms with Crippen LogP contribution in [0.25, 0.3) is 0 Å². The molecule has 0 aliphatic heterocycles. The molecule has 1 aliphatic carbocycles. The molecule has 1 fully saturated rings. The maximum atomic E-state index is 14.2. The van der Waals surface area contributed by atoms with E-state index in [1.165, 1.54) is 56.6 Å². The van der Waals surface area contributed by atoms with Crippen molar-refractivity contribution in [2.75, 3.05) is 24.7 Å². The van der Waals surface area contributed by atoms with Crippen LogP contribution in [0.15, 0.2) is 47.4 Å². The van der Waals surface area contributed by atoms with E-state index in [2.05, 4.69) is 10.6 Å². The molecular formula is C22H26FN3O4S. The van der Waals surface area contributed by atoms with Crippen LogP contribution >= 0.6 is 0 Å². The minimum Gasteiger partial charge on any atom is -0.323 e. The lowest BCUT2D eigenvalue weighted by Gasteiger charge is -2.21. The Bertz CT molecular complexity index is 1060. The molecule has 0 bridgehead atoms. The highest BCUT2D eigenvalue weighted by molar-refractivity contribution is 7.89. The molecule has 0 unspecified atom stereocenters. The molecule has 31 heavy (non-hydrogen) atoms. The van der Waals surface area contributed by atoms with Crippen molar-refractivity contribution < 1.29 is 22.4 Å². The minimum absolute atomic E-state index is 0.0146. The quantitative estimate of drug-likeness (QED) is 0.703. The van der Waals surface area contributed by atoms with Crippen molar-refractivity contribution in [2.24, 2.45) is 5.92 Å². The van der Waals surface area contributed by atoms with Crippen molar-refractivity contribution in [3.8, 4) is 0 Å². The van der Waals surface area contributed by atoms with Gasteiger partial charge in [-0.3, -0.25) is 9.59 Å². The van der Waals surface area contributed by atoms with Gasteiger partial charge >= 0.3 is 0 Å². The summed E-state index contributed by atoms with van der Waals surface area (Å²) >= 11 is 0. The normalized spacial score (nSPS) is 15.0. The van der Waals surface area contributed by atoms with Crippen LogP contribution in [-0.2, 0) is 14.8 Å². The number of hydrogen-bond donors (Lipinski definition) is 2. The van der Waals surface area contributed by atoms with Gasteiger partial charge in [0.05, 0.1) is 10.6 Å². The van der Waals surface area contributed by atoms with Gasteiger partial charge in [-0.1, -0.05) is 19.3 Å². The largest absolute Gasteiger partial charge is 0.323 e. The van der Waals surface area contributed by atoms with Crippen LogP contribution in [0.2, 0.25) is 0 Å². The first-order valence-corrected chi connectivity index (χ1v) is 11.6. The van der Waals surface area contributed by atoms with Gasteiger partial charge in [0, 0.05) is 31.3 Å². The number of anilines is 2. The highest BCUT2D eigenvalue weighted by atomic mass is 32.2. The Morgan fingerprint density at radius 3 is 2.23 bits per heavy atom. The molecule has 0 atom stereocenters. The first-order chi connectivity index (χ1) is 14.7. The molecule has 1 saturated carbocycles. The molecule has 9 heteroatoms. The second-order valence-electron chi connectivity index (χ2n) is 7.78. The van der Waals surface area contributed by atoms with Gasteiger partial charge in [0.25, 0.3) is 5.91 Å². The fourth-order valence-electron chi connectivity index (χ4n) is 3.49. The highest BCUT2D eigenvalue weighted by Gasteiger charge is 2.22. The van der Waals surface area contributed by atoms with Gasteiger partial charge in [0.15, 0.2) is 0 Å². The SMILES string of the molecule is CN(C)S(=O)(=O)c1ccc(C(=O)Nc2ccc(F)c(NC(=O)C3CCCCC3)c2)cc1. The van der Waals surface area contributed by atoms with Crippen LogP contribution in [0.4, 0.5) is 15.8 Å². The number of sulfonamides is 1. The van der Waals surface area contributed by atoms with Gasteiger partial charge in [-0.05, 0) is 55.3 Å². The summed E-state index contributed by atoms with van der Waals surface area (Å²) in [5.41, 5.74) is 0.575. The van der Waals surface area contributed by atoms with Crippen molar-refractivity contribution in [1.82, 2.24) is 4.31 Å². The number of halogens is 1. The number of carbonyl (C=O) groups is 2. The first kappa shape index (κ1) is 22.9. The van der Waals surface area contributed by atoms with Crippen LogP contribution in [0.3, 0.4) is 0 Å². The fourth-order valence-corrected chi connectivity index (χ4v) is 4.39. The predicted molar refractivity (Wildman–Crippen MR) is 117 cm³/mol. The summed E-state index contributed by atoms with van der Waals surface area (Å²) in [4.78, 5) is 25.0. The van der Waals surface area contributed by atoms with Crippen molar-refractivity contribution >= 4 is 33.2 Å². The number of amides is 2. The molecule has 2 N–H and O–H groups in total. The van der Waals surface area contributed by atoms with Crippen molar-refractivity contribution in [2.45, 2.75) is 37.0 Å². The molecule has 0 aromatic heterocycles. The average Bonchev–Trinajstić information content (AvgIpc) is 2.76. The van der Waals surface area contributed by atoms with Crippen LogP contribution in [0, 0.1) is 11.7 Å². The van der Waals surface area contributed by atoms with Gasteiger partial charge in [-0.15, -0.1) is 0 Å². The third-order valence-corrected chi connectivity index (χ3v) is 7.18. The van der Waals surface area contributed by atoms with E-state index in [0.717, 1.165) is 36.4 Å². The topological polar surface area (TPSA) is 95.6 Å². The summed E-state index contributed by atoms with van der Waals surface area (Å²) in [6.45, 7) is 0. The van der Waals surface area contributed by atoms with Gasteiger partial charge in [-0.2, -0.15) is 0 Å². The second kappa shape index (κ2) is 9.57. The summed E-state index contributed by atoms with van der Waals surface area (Å²) < 4.78 is 39.5. The Kier molecular flexibility index (Phi) is 7.07. The second-order valence-corrected chi connectivity index (χ2v) is 9.94. The summed E-state index contributed by atoms with van der Waals surface area (Å²) in [5, 5.41) is 5.27. The van der Waals surface area contributed by atoms with E-state index in [4.69, 9.17) is 0 Å². The molecule has 0 radical (unpaired) electrons. The van der Waals surface area contributed by atoms with Crippen molar-refractivity contribution in [1.29, 1.82) is 0 Å². The summed E-state index contributed by atoms with van der Waals surface area (Å²) in [5.74, 6) is -1.39. The smallest absolute Gasteiger partial charge is 0.255 e. The first-order valence-electron chi connectivity index (χ1n) is 10.1. The molecule has 166 valence electrons. The van der Waals surface area contributed by atoms with Crippen molar-refractivity contribution in [3.05, 3.63) is 53.8 Å². The number of carbonyl (C=O) groups excluding carboxylic acids is 2. The Morgan fingerprint density at radius 1 is 0.968 bits per heavy atom. The monoisotopic (exact) mass is 447 g/mol. The van der Waals surface area contributed by atoms with E-state index < -0.39 is 21.7 Å². The Labute approximate surface area is 181 Å². The zero-order valence-electron chi connectivity index (χ0n) is 17.5. The van der Waals surface area contributed by atoms with E-state index in [0.29, 0.717) is 5.69 Å². The van der Waals surface area contributed by atoms with E-state index in [1.54, 1.807) is 0 Å². The lowest BCUT2D eigenvalue weighted by molar-refractivity contribution is -0.120. The standard InChI is InChI=1S/C22H26FN3O4S/c1-26(2)31(29,30)18-11-8-16(9-12-18)21(27)24-17-10-13-19(23)20(14-17)25-22(28)15-6-4-3-5-7-15/h8-15H,3-7H2,1-2H3,(H,24,27)(H,25,28). The molecule has 0 saturated heterocycles. The Balaban J connectivity index is 1.70. The van der Waals surface area contributed by atoms with Gasteiger partial charge < -0.3 is 10.6 Å². The molecule has 2 aromatic carbocycles. The molecule has 0 spiro atoms. The number of benzene rings is 2. The molecule has 7 nitrogen and oxygen atoms in total. The zero-order valence-corrected chi connectivity index (χ0v) is 18.3. The molecule has 2 amide bonds. The van der Waals surface area contributed by atoms with Crippen LogP contribution < -0.4 is 10.6 Å². The number of rotatable bonds is 6. The maximum Gasteiger partial charge on any atom is 0.255 e. The fraction of sp³-hybridized carbons (Fsp3) is 0.364. The van der Waals surface area contributed by atoms with E-state index in [1.807, 2.05) is 0 Å². The van der Waals surface area contributed by atoms with Crippen LogP contribution in [-0.4, -0.2) is 38.6 Å². The predicted octanol–water partition coefficient (Wildman–Crippen LogP) is 3.85. The molecule has 3 rings (SSSR count). The van der Waals surface area contributed by atoms with Gasteiger partial charge in [0.1, 0.15) is 5.82 Å². The van der Waals surface area contributed by atoms with Gasteiger partial charge in [-0.25, -0.2) is 17.1 Å². The molecule has 2 aromatic rings. The van der Waals surface area contributed by atoms with Crippen LogP contribution in [0.1, 0.15) is 42.5 Å². The molecular weight excluding hydrogens is 421 g/mol. The Hall–Kier alpha value is -2.78. The maximum absolute atomic E-state index is 14.2. The van der Waals surface area contributed by atoms with Crippen molar-refractivity contribution in [3.63, 3.8) is 0 Å². The minimum atomic E-state index is -3.59. The lowest BCUT2D eigenvalue weighted by Crippen LogP contribution is -2.25. The summed E-state index contributed by atoms with van der Waals surface area (Å²) in [6.07, 6.45) is 4.69. The molecule has 0 heterocycles. The zero-order chi connectivity index (χ0) is 22.6.